The molecule has 348 valence electrons. The van der Waals surface area contributed by atoms with Crippen molar-refractivity contribution in [2.24, 2.45) is 0 Å². The highest BCUT2D eigenvalue weighted by Gasteiger charge is 2.60. The molecule has 0 spiro atoms. The number of hydrogen-bond donors (Lipinski definition) is 0. The first-order valence-corrected chi connectivity index (χ1v) is 45.8. The first kappa shape index (κ1) is 49.1. The van der Waals surface area contributed by atoms with Crippen LogP contribution in [0.25, 0.3) is 21.9 Å². The summed E-state index contributed by atoms with van der Waals surface area (Å²) in [4.78, 5) is 5.14. The van der Waals surface area contributed by atoms with Gasteiger partial charge in [-0.25, -0.2) is 0 Å². The fraction of sp³-hybridized carbons (Fsp3) is 0.322. The molecule has 0 radical (unpaired) electrons. The Morgan fingerprint density at radius 2 is 0.642 bits per heavy atom. The molecule has 0 bridgehead atoms. The molecule has 1 aliphatic carbocycles. The van der Waals surface area contributed by atoms with Crippen LogP contribution in [0.3, 0.4) is 0 Å². The Bertz CT molecular complexity index is 2800. The lowest BCUT2D eigenvalue weighted by Crippen LogP contribution is -2.63. The Kier molecular flexibility index (Phi) is 12.5. The summed E-state index contributed by atoms with van der Waals surface area (Å²) in [5.41, 5.74) is 13.3. The second-order valence-corrected chi connectivity index (χ2v) is 57.0. The van der Waals surface area contributed by atoms with Crippen LogP contribution in [0.5, 0.6) is 0 Å². The largest absolute Gasteiger partial charge is 0.310 e. The lowest BCUT2D eigenvalue weighted by Gasteiger charge is -2.51. The standard InChI is InChI=1S/C59H78N2Si6/c1-62(2,3)48-32-23-43(24-33-48)60(44-25-34-49(35-26-44)63(4,5)6)47-31-40-54-55(41-47)59(66(13,14)15,67(16,17)18)56-42-57(52-21-19-20-22-53(52)58(54)56)61(45-27-36-50(37-28-45)64(7,8)9)46-29-38-51(39-30-46)65(10,11)12/h19-42H,1-18H3. The Morgan fingerprint density at radius 1 is 0.313 bits per heavy atom. The van der Waals surface area contributed by atoms with Crippen LogP contribution in [-0.4, -0.2) is 48.4 Å². The molecular formula is C59H78N2Si6. The number of nitrogens with zero attached hydrogens (tertiary/aromatic N) is 2. The zero-order valence-electron chi connectivity index (χ0n) is 44.3. The van der Waals surface area contributed by atoms with Crippen molar-refractivity contribution in [1.29, 1.82) is 0 Å². The van der Waals surface area contributed by atoms with Gasteiger partial charge in [-0.15, -0.1) is 0 Å². The summed E-state index contributed by atoms with van der Waals surface area (Å²) < 4.78 is -0.0937. The SMILES string of the molecule is C[Si](C)(C)c1ccc(N(c2ccc([Si](C)(C)C)cc2)c2ccc3c(c2)C([Si](C)(C)C)([Si](C)(C)C)c2cc(N(c4ccc([Si](C)(C)C)cc4)c4ccc([Si](C)(C)C)cc4)c4ccccc4c2-3)cc1. The highest BCUT2D eigenvalue weighted by Crippen LogP contribution is 2.62. The van der Waals surface area contributed by atoms with Gasteiger partial charge in [0.25, 0.3) is 0 Å². The van der Waals surface area contributed by atoms with E-state index in [9.17, 15) is 0 Å². The molecule has 7 aromatic rings. The highest BCUT2D eigenvalue weighted by molar-refractivity contribution is 7.00. The van der Waals surface area contributed by atoms with Crippen molar-refractivity contribution >= 4 is 114 Å². The third-order valence-electron chi connectivity index (χ3n) is 14.8. The molecule has 7 aromatic carbocycles. The molecule has 8 heteroatoms. The van der Waals surface area contributed by atoms with Gasteiger partial charge in [0.1, 0.15) is 0 Å². The molecule has 2 nitrogen and oxygen atoms in total. The van der Waals surface area contributed by atoms with Gasteiger partial charge in [0.2, 0.25) is 0 Å². The van der Waals surface area contributed by atoms with Gasteiger partial charge < -0.3 is 9.80 Å². The fourth-order valence-corrected chi connectivity index (χ4v) is 29.2. The van der Waals surface area contributed by atoms with Gasteiger partial charge in [-0.3, -0.25) is 0 Å². The summed E-state index contributed by atoms with van der Waals surface area (Å²) in [5, 5.41) is 8.60. The van der Waals surface area contributed by atoms with Crippen molar-refractivity contribution in [3.05, 3.63) is 157 Å². The molecule has 0 fully saturated rings. The number of hydrogen-bond acceptors (Lipinski definition) is 2. The Morgan fingerprint density at radius 3 is 0.985 bits per heavy atom. The first-order chi connectivity index (χ1) is 31.0. The summed E-state index contributed by atoms with van der Waals surface area (Å²) in [6.45, 7) is 45.4. The average molecular weight is 984 g/mol. The number of rotatable bonds is 12. The van der Waals surface area contributed by atoms with E-state index in [1.807, 2.05) is 0 Å². The van der Waals surface area contributed by atoms with Crippen LogP contribution in [0, 0.1) is 0 Å². The van der Waals surface area contributed by atoms with Gasteiger partial charge in [0.05, 0.1) is 54.1 Å². The van der Waals surface area contributed by atoms with E-state index in [2.05, 4.69) is 273 Å². The van der Waals surface area contributed by atoms with Crippen molar-refractivity contribution in [1.82, 2.24) is 0 Å². The van der Waals surface area contributed by atoms with E-state index in [-0.39, 0.29) is 4.66 Å². The molecule has 1 aliphatic rings. The zero-order valence-corrected chi connectivity index (χ0v) is 50.3. The van der Waals surface area contributed by atoms with Crippen molar-refractivity contribution in [3.8, 4) is 11.1 Å². The van der Waals surface area contributed by atoms with Gasteiger partial charge in [-0.05, 0) is 94.4 Å². The zero-order chi connectivity index (χ0) is 48.9. The minimum atomic E-state index is -2.10. The van der Waals surface area contributed by atoms with Gasteiger partial charge in [0, 0.05) is 38.5 Å². The van der Waals surface area contributed by atoms with E-state index in [1.54, 1.807) is 5.56 Å². The first-order valence-electron chi connectivity index (χ1n) is 24.8. The molecule has 67 heavy (non-hydrogen) atoms. The average Bonchev–Trinajstić information content (AvgIpc) is 3.55. The second kappa shape index (κ2) is 17.0. The van der Waals surface area contributed by atoms with E-state index in [0.29, 0.717) is 0 Å². The lowest BCUT2D eigenvalue weighted by atomic mass is 9.95. The molecule has 0 heterocycles. The van der Waals surface area contributed by atoms with Crippen molar-refractivity contribution in [2.75, 3.05) is 9.80 Å². The van der Waals surface area contributed by atoms with Gasteiger partial charge in [-0.1, -0.05) is 217 Å². The topological polar surface area (TPSA) is 6.48 Å². The van der Waals surface area contributed by atoms with Crippen molar-refractivity contribution < 1.29 is 0 Å². The van der Waals surface area contributed by atoms with Crippen LogP contribution in [0.15, 0.2) is 146 Å². The third kappa shape index (κ3) is 8.84. The second-order valence-electron chi connectivity index (χ2n) is 25.7. The van der Waals surface area contributed by atoms with Gasteiger partial charge in [-0.2, -0.15) is 0 Å². The minimum absolute atomic E-state index is 0.0937. The molecule has 0 atom stereocenters. The van der Waals surface area contributed by atoms with E-state index in [0.717, 1.165) is 0 Å². The molecule has 0 aromatic heterocycles. The molecule has 0 saturated heterocycles. The lowest BCUT2D eigenvalue weighted by molar-refractivity contribution is 0.952. The van der Waals surface area contributed by atoms with Gasteiger partial charge >= 0.3 is 0 Å². The highest BCUT2D eigenvalue weighted by atomic mass is 28.4. The molecule has 8 rings (SSSR count). The minimum Gasteiger partial charge on any atom is -0.310 e. The summed E-state index contributed by atoms with van der Waals surface area (Å²) >= 11 is 0. The molecule has 0 N–H and O–H groups in total. The van der Waals surface area contributed by atoms with E-state index in [1.165, 1.54) is 82.3 Å². The van der Waals surface area contributed by atoms with Crippen LogP contribution in [-0.2, 0) is 4.66 Å². The smallest absolute Gasteiger partial charge is 0.0775 e. The third-order valence-corrected chi connectivity index (χ3v) is 33.2. The normalized spacial score (nSPS) is 14.2. The van der Waals surface area contributed by atoms with Crippen LogP contribution in [0.2, 0.25) is 118 Å². The Balaban J connectivity index is 1.42. The van der Waals surface area contributed by atoms with Crippen molar-refractivity contribution in [3.63, 3.8) is 0 Å². The summed E-state index contributed by atoms with van der Waals surface area (Å²) in [6, 6.07) is 58.0. The predicted molar refractivity (Wildman–Crippen MR) is 318 cm³/mol. The number of benzene rings is 7. The molecule has 0 saturated carbocycles. The van der Waals surface area contributed by atoms with Crippen LogP contribution < -0.4 is 30.5 Å². The summed E-state index contributed by atoms with van der Waals surface area (Å²) in [7, 11) is -10.2. The molecular weight excluding hydrogens is 905 g/mol. The van der Waals surface area contributed by atoms with Crippen LogP contribution in [0.1, 0.15) is 11.1 Å². The van der Waals surface area contributed by atoms with E-state index >= 15 is 0 Å². The predicted octanol–water partition coefficient (Wildman–Crippen LogP) is 16.0. The maximum Gasteiger partial charge on any atom is 0.0775 e. The van der Waals surface area contributed by atoms with Gasteiger partial charge in [0.15, 0.2) is 0 Å². The van der Waals surface area contributed by atoms with E-state index < -0.39 is 48.4 Å². The van der Waals surface area contributed by atoms with Crippen LogP contribution >= 0.6 is 0 Å². The summed E-state index contributed by atoms with van der Waals surface area (Å²) in [5.74, 6) is 0. The molecule has 0 unspecified atom stereocenters. The Hall–Kier alpha value is -4.30. The Labute approximate surface area is 411 Å². The van der Waals surface area contributed by atoms with Crippen molar-refractivity contribution in [2.45, 2.75) is 123 Å². The quantitative estimate of drug-likeness (QED) is 0.113. The monoisotopic (exact) mass is 982 g/mol. The maximum absolute atomic E-state index is 2.69. The number of fused-ring (bicyclic) bond motifs is 5. The molecule has 0 aliphatic heterocycles. The molecule has 0 amide bonds. The van der Waals surface area contributed by atoms with Crippen LogP contribution in [0.4, 0.5) is 34.1 Å². The number of anilines is 6. The fourth-order valence-electron chi connectivity index (χ4n) is 11.5. The van der Waals surface area contributed by atoms with E-state index in [4.69, 9.17) is 0 Å². The summed E-state index contributed by atoms with van der Waals surface area (Å²) in [6.07, 6.45) is 0. The maximum atomic E-state index is 2.69.